The van der Waals surface area contributed by atoms with Gasteiger partial charge in [0.05, 0.1) is 19.5 Å². The standard InChI is InChI=1S/C11H14FN5O2/c12-11(3-19)1-7(6(11)2-18)17-5-16-8-9(13)14-4-15-10(8)17/h4-7,18-19H,1-3H2,(H2,13,14,15)/t6-,7+,11-/m0/s1. The Labute approximate surface area is 107 Å². The molecule has 1 fully saturated rings. The maximum Gasteiger partial charge on any atom is 0.165 e. The number of imidazole rings is 1. The number of halogens is 1. The summed E-state index contributed by atoms with van der Waals surface area (Å²) in [7, 11) is 0. The van der Waals surface area contributed by atoms with Crippen molar-refractivity contribution in [2.75, 3.05) is 18.9 Å². The fourth-order valence-corrected chi connectivity index (χ4v) is 2.70. The van der Waals surface area contributed by atoms with Crippen molar-refractivity contribution in [3.63, 3.8) is 0 Å². The number of alkyl halides is 1. The number of fused-ring (bicyclic) bond motifs is 1. The molecule has 3 rings (SSSR count). The SMILES string of the molecule is Nc1ncnc2c1ncn2[C@@H]1C[C@](F)(CO)[C@H]1CO. The molecule has 4 N–H and O–H groups in total. The van der Waals surface area contributed by atoms with Crippen LogP contribution in [-0.4, -0.2) is 48.6 Å². The zero-order valence-electron chi connectivity index (χ0n) is 10.1. The molecule has 1 saturated carbocycles. The van der Waals surface area contributed by atoms with Crippen LogP contribution in [0.4, 0.5) is 10.2 Å². The molecular weight excluding hydrogens is 253 g/mol. The third-order valence-electron chi connectivity index (χ3n) is 3.88. The van der Waals surface area contributed by atoms with Gasteiger partial charge in [-0.15, -0.1) is 0 Å². The zero-order valence-corrected chi connectivity index (χ0v) is 10.1. The second kappa shape index (κ2) is 4.10. The first-order valence-electron chi connectivity index (χ1n) is 5.94. The summed E-state index contributed by atoms with van der Waals surface area (Å²) in [6, 6.07) is -0.290. The molecule has 8 heteroatoms. The van der Waals surface area contributed by atoms with Crippen LogP contribution in [0.2, 0.25) is 0 Å². The van der Waals surface area contributed by atoms with Crippen LogP contribution in [0.1, 0.15) is 12.5 Å². The Morgan fingerprint density at radius 2 is 2.21 bits per heavy atom. The molecule has 102 valence electrons. The number of aromatic nitrogens is 4. The minimum atomic E-state index is -1.74. The molecule has 0 aliphatic heterocycles. The van der Waals surface area contributed by atoms with Gasteiger partial charge in [0.15, 0.2) is 11.5 Å². The summed E-state index contributed by atoms with van der Waals surface area (Å²) in [6.07, 6.45) is 2.95. The van der Waals surface area contributed by atoms with Crippen LogP contribution in [0.3, 0.4) is 0 Å². The van der Waals surface area contributed by atoms with E-state index in [9.17, 15) is 9.50 Å². The lowest BCUT2D eigenvalue weighted by molar-refractivity contribution is -0.116. The van der Waals surface area contributed by atoms with Gasteiger partial charge in [-0.1, -0.05) is 0 Å². The fourth-order valence-electron chi connectivity index (χ4n) is 2.70. The van der Waals surface area contributed by atoms with Crippen molar-refractivity contribution in [2.45, 2.75) is 18.1 Å². The monoisotopic (exact) mass is 267 g/mol. The third kappa shape index (κ3) is 1.60. The van der Waals surface area contributed by atoms with Crippen LogP contribution >= 0.6 is 0 Å². The van der Waals surface area contributed by atoms with Gasteiger partial charge >= 0.3 is 0 Å². The number of aliphatic hydroxyl groups is 2. The van der Waals surface area contributed by atoms with E-state index in [0.29, 0.717) is 11.2 Å². The first-order chi connectivity index (χ1) is 9.10. The van der Waals surface area contributed by atoms with Gasteiger partial charge in [-0.2, -0.15) is 0 Å². The lowest BCUT2D eigenvalue weighted by Gasteiger charge is -2.48. The van der Waals surface area contributed by atoms with Crippen LogP contribution in [0, 0.1) is 5.92 Å². The Hall–Kier alpha value is -1.80. The smallest absolute Gasteiger partial charge is 0.165 e. The van der Waals surface area contributed by atoms with Gasteiger partial charge in [0.25, 0.3) is 0 Å². The van der Waals surface area contributed by atoms with E-state index in [0.717, 1.165) is 0 Å². The summed E-state index contributed by atoms with van der Waals surface area (Å²) in [5.41, 5.74) is 4.91. The van der Waals surface area contributed by atoms with E-state index in [1.54, 1.807) is 4.57 Å². The predicted octanol–water partition coefficient (Wildman–Crippen LogP) is -0.338. The number of rotatable bonds is 3. The predicted molar refractivity (Wildman–Crippen MR) is 64.9 cm³/mol. The van der Waals surface area contributed by atoms with Gasteiger partial charge in [0.1, 0.15) is 17.5 Å². The van der Waals surface area contributed by atoms with Gasteiger partial charge in [-0.25, -0.2) is 19.3 Å². The average molecular weight is 267 g/mol. The van der Waals surface area contributed by atoms with Crippen LogP contribution < -0.4 is 5.73 Å². The Morgan fingerprint density at radius 1 is 1.42 bits per heavy atom. The van der Waals surface area contributed by atoms with E-state index in [2.05, 4.69) is 15.0 Å². The molecule has 0 radical (unpaired) electrons. The number of nitrogens with zero attached hydrogens (tertiary/aromatic N) is 4. The van der Waals surface area contributed by atoms with Gasteiger partial charge < -0.3 is 20.5 Å². The minimum absolute atomic E-state index is 0.115. The quantitative estimate of drug-likeness (QED) is 0.702. The van der Waals surface area contributed by atoms with Gasteiger partial charge in [-0.05, 0) is 0 Å². The Kier molecular flexibility index (Phi) is 2.64. The van der Waals surface area contributed by atoms with Crippen molar-refractivity contribution in [3.05, 3.63) is 12.7 Å². The Balaban J connectivity index is 2.00. The molecule has 1 aliphatic rings. The Morgan fingerprint density at radius 3 is 2.89 bits per heavy atom. The van der Waals surface area contributed by atoms with E-state index in [1.807, 2.05) is 0 Å². The highest BCUT2D eigenvalue weighted by atomic mass is 19.1. The summed E-state index contributed by atoms with van der Waals surface area (Å²) in [5, 5.41) is 18.4. The zero-order chi connectivity index (χ0) is 13.6. The van der Waals surface area contributed by atoms with Gasteiger partial charge in [-0.3, -0.25) is 0 Å². The second-order valence-corrected chi connectivity index (χ2v) is 4.84. The topological polar surface area (TPSA) is 110 Å². The van der Waals surface area contributed by atoms with E-state index in [1.165, 1.54) is 12.7 Å². The molecule has 7 nitrogen and oxygen atoms in total. The maximum atomic E-state index is 14.1. The molecule has 3 atom stereocenters. The first-order valence-corrected chi connectivity index (χ1v) is 5.94. The molecule has 0 unspecified atom stereocenters. The van der Waals surface area contributed by atoms with Gasteiger partial charge in [0, 0.05) is 18.4 Å². The first kappa shape index (κ1) is 12.2. The molecule has 2 aromatic rings. The van der Waals surface area contributed by atoms with Crippen LogP contribution in [-0.2, 0) is 0 Å². The highest BCUT2D eigenvalue weighted by Gasteiger charge is 2.55. The van der Waals surface area contributed by atoms with Crippen molar-refractivity contribution >= 4 is 17.0 Å². The van der Waals surface area contributed by atoms with Crippen molar-refractivity contribution in [2.24, 2.45) is 5.92 Å². The minimum Gasteiger partial charge on any atom is -0.396 e. The highest BCUT2D eigenvalue weighted by molar-refractivity contribution is 5.81. The van der Waals surface area contributed by atoms with E-state index in [4.69, 9.17) is 10.8 Å². The number of hydrogen-bond donors (Lipinski definition) is 3. The number of nitrogens with two attached hydrogens (primary N) is 1. The number of nitrogen functional groups attached to an aromatic ring is 1. The largest absolute Gasteiger partial charge is 0.396 e. The van der Waals surface area contributed by atoms with Crippen LogP contribution in [0.5, 0.6) is 0 Å². The van der Waals surface area contributed by atoms with E-state index in [-0.39, 0.29) is 24.9 Å². The van der Waals surface area contributed by atoms with Crippen LogP contribution in [0.15, 0.2) is 12.7 Å². The number of hydrogen-bond acceptors (Lipinski definition) is 6. The highest BCUT2D eigenvalue weighted by Crippen LogP contribution is 2.50. The molecule has 19 heavy (non-hydrogen) atoms. The van der Waals surface area contributed by atoms with Crippen molar-refractivity contribution in [1.82, 2.24) is 19.5 Å². The summed E-state index contributed by atoms with van der Waals surface area (Å²) in [4.78, 5) is 12.0. The third-order valence-corrected chi connectivity index (χ3v) is 3.88. The number of aliphatic hydroxyl groups excluding tert-OH is 2. The van der Waals surface area contributed by atoms with Crippen molar-refractivity contribution in [1.29, 1.82) is 0 Å². The average Bonchev–Trinajstić information content (AvgIpc) is 2.81. The molecule has 0 spiro atoms. The molecule has 2 heterocycles. The maximum absolute atomic E-state index is 14.1. The summed E-state index contributed by atoms with van der Waals surface area (Å²) >= 11 is 0. The van der Waals surface area contributed by atoms with Crippen molar-refractivity contribution < 1.29 is 14.6 Å². The Bertz CT molecular complexity index is 618. The van der Waals surface area contributed by atoms with Gasteiger partial charge in [0.2, 0.25) is 0 Å². The molecule has 1 aliphatic carbocycles. The molecule has 0 bridgehead atoms. The summed E-state index contributed by atoms with van der Waals surface area (Å²) < 4.78 is 15.8. The number of anilines is 1. The molecule has 0 amide bonds. The fraction of sp³-hybridized carbons (Fsp3) is 0.545. The van der Waals surface area contributed by atoms with Crippen LogP contribution in [0.25, 0.3) is 11.2 Å². The summed E-state index contributed by atoms with van der Waals surface area (Å²) in [6.45, 7) is -0.944. The normalized spacial score (nSPS) is 30.5. The summed E-state index contributed by atoms with van der Waals surface area (Å²) in [5.74, 6) is -0.414. The molecule has 2 aromatic heterocycles. The molecule has 0 saturated heterocycles. The van der Waals surface area contributed by atoms with E-state index >= 15 is 0 Å². The van der Waals surface area contributed by atoms with E-state index < -0.39 is 18.2 Å². The lowest BCUT2D eigenvalue weighted by Crippen LogP contribution is -2.55. The molecular formula is C11H14FN5O2. The second-order valence-electron chi connectivity index (χ2n) is 4.84. The lowest BCUT2D eigenvalue weighted by atomic mass is 9.67. The molecule has 0 aromatic carbocycles. The van der Waals surface area contributed by atoms with Crippen molar-refractivity contribution in [3.8, 4) is 0 Å².